The van der Waals surface area contributed by atoms with Gasteiger partial charge in [0.1, 0.15) is 24.0 Å². The van der Waals surface area contributed by atoms with Crippen molar-refractivity contribution in [1.82, 2.24) is 30.0 Å². The Hall–Kier alpha value is -5.22. The summed E-state index contributed by atoms with van der Waals surface area (Å²) >= 11 is 0. The highest BCUT2D eigenvalue weighted by molar-refractivity contribution is 7.89. The Morgan fingerprint density at radius 3 is 2.60 bits per heavy atom. The van der Waals surface area contributed by atoms with Gasteiger partial charge < -0.3 is 50.5 Å². The maximum atomic E-state index is 12.9. The maximum Gasteiger partial charge on any atom is 0.319 e. The van der Waals surface area contributed by atoms with Crippen molar-refractivity contribution in [3.8, 4) is 0 Å². The summed E-state index contributed by atoms with van der Waals surface area (Å²) in [5.41, 5.74) is 2.03. The van der Waals surface area contributed by atoms with E-state index in [-0.39, 0.29) is 52.9 Å². The first-order valence-corrected chi connectivity index (χ1v) is 18.2. The highest BCUT2D eigenvalue weighted by atomic mass is 32.2. The lowest BCUT2D eigenvalue weighted by Crippen LogP contribution is -2.40. The van der Waals surface area contributed by atoms with Crippen molar-refractivity contribution in [3.05, 3.63) is 84.0 Å². The Labute approximate surface area is 302 Å². The average Bonchev–Trinajstić information content (AvgIpc) is 3.95. The predicted molar refractivity (Wildman–Crippen MR) is 188 cm³/mol. The molecular formula is C33H38N10O9S. The molecule has 53 heavy (non-hydrogen) atoms. The molecule has 2 aliphatic heterocycles. The fourth-order valence-electron chi connectivity index (χ4n) is 6.41. The number of sulfonamides is 1. The number of carbonyl (C=O) groups excluding carboxylic acids is 1. The number of fused-ring (bicyclic) bond motifs is 1. The largest absolute Gasteiger partial charge is 0.394 e. The third-order valence-corrected chi connectivity index (χ3v) is 9.97. The lowest BCUT2D eigenvalue weighted by atomic mass is 10.1. The SMILES string of the molecule is NS(=O)(=O)c1cccc(NC(=O)N[C@@H]2CCN(c3nc(N[C@H](CO)Cc4ccccc4)c4ncn([C@@H]5O[C@H](c6cc(CO)no6)[C@@H](O)[C@H]5O)c4n3)C2)c1. The molecule has 0 unspecified atom stereocenters. The van der Waals surface area contributed by atoms with Crippen molar-refractivity contribution in [3.63, 3.8) is 0 Å². The normalized spacial score (nSPS) is 22.3. The summed E-state index contributed by atoms with van der Waals surface area (Å²) in [7, 11) is -3.96. The number of nitrogens with zero attached hydrogens (tertiary/aromatic N) is 6. The molecule has 0 spiro atoms. The number of aromatic nitrogens is 5. The number of primary sulfonamides is 1. The van der Waals surface area contributed by atoms with Gasteiger partial charge in [-0.3, -0.25) is 4.57 Å². The van der Waals surface area contributed by atoms with Gasteiger partial charge in [0.2, 0.25) is 16.0 Å². The number of benzene rings is 2. The molecule has 6 atom stereocenters. The Morgan fingerprint density at radius 2 is 1.87 bits per heavy atom. The summed E-state index contributed by atoms with van der Waals surface area (Å²) < 4.78 is 36.3. The predicted octanol–water partition coefficient (Wildman–Crippen LogP) is 0.362. The zero-order valence-corrected chi connectivity index (χ0v) is 28.9. The molecule has 2 saturated heterocycles. The molecule has 19 nitrogen and oxygen atoms in total. The summed E-state index contributed by atoms with van der Waals surface area (Å²) in [4.78, 5) is 28.7. The van der Waals surface area contributed by atoms with E-state index in [0.29, 0.717) is 37.3 Å². The number of aliphatic hydroxyl groups excluding tert-OH is 4. The van der Waals surface area contributed by atoms with Crippen LogP contribution in [-0.2, 0) is 27.8 Å². The molecule has 0 aliphatic carbocycles. The van der Waals surface area contributed by atoms with Gasteiger partial charge >= 0.3 is 6.03 Å². The molecule has 0 bridgehead atoms. The standard InChI is InChI=1S/C33H38N10O9S/c34-53(49,50)23-8-4-7-19(12-23)37-33(48)38-20-9-10-42(14-20)32-39-29(36-21(15-44)11-18-5-2-1-3-6-18)25-30(40-32)43(17-35-25)31-27(47)26(46)28(51-31)24-13-22(16-45)41-52-24/h1-8,12-13,17,20-21,26-28,31,44-47H,9-11,14-16H2,(H2,34,49,50)(H,36,39,40)(H2,37,38,48)/t20-,21+,26+,27-,28-,31-/m1/s1. The molecule has 280 valence electrons. The van der Waals surface area contributed by atoms with Gasteiger partial charge in [0.15, 0.2) is 29.0 Å². The summed E-state index contributed by atoms with van der Waals surface area (Å²) in [5.74, 6) is 0.680. The second-order valence-corrected chi connectivity index (χ2v) is 14.4. The van der Waals surface area contributed by atoms with Gasteiger partial charge in [0, 0.05) is 30.9 Å². The Morgan fingerprint density at radius 1 is 1.06 bits per heavy atom. The minimum atomic E-state index is -3.96. The molecule has 9 N–H and O–H groups in total. The van der Waals surface area contributed by atoms with Crippen LogP contribution < -0.4 is 26.0 Å². The molecule has 5 heterocycles. The minimum absolute atomic E-state index is 0.119. The summed E-state index contributed by atoms with van der Waals surface area (Å²) in [6.07, 6.45) is -2.74. The first-order chi connectivity index (χ1) is 25.5. The lowest BCUT2D eigenvalue weighted by molar-refractivity contribution is -0.0434. The second-order valence-electron chi connectivity index (χ2n) is 12.8. The number of nitrogens with one attached hydrogen (secondary N) is 3. The van der Waals surface area contributed by atoms with E-state index in [0.717, 1.165) is 5.56 Å². The number of carbonyl (C=O) groups is 1. The zero-order chi connectivity index (χ0) is 37.3. The zero-order valence-electron chi connectivity index (χ0n) is 28.1. The van der Waals surface area contributed by atoms with Gasteiger partial charge in [-0.2, -0.15) is 9.97 Å². The van der Waals surface area contributed by atoms with Crippen LogP contribution in [0.15, 0.2) is 76.4 Å². The van der Waals surface area contributed by atoms with Gasteiger partial charge in [-0.15, -0.1) is 0 Å². The van der Waals surface area contributed by atoms with E-state index in [9.17, 15) is 33.6 Å². The first kappa shape index (κ1) is 36.2. The van der Waals surface area contributed by atoms with E-state index in [4.69, 9.17) is 24.4 Å². The number of amides is 2. The number of anilines is 3. The molecule has 2 fully saturated rings. The molecular weight excluding hydrogens is 712 g/mol. The molecule has 5 aromatic rings. The van der Waals surface area contributed by atoms with E-state index in [1.54, 1.807) is 0 Å². The van der Waals surface area contributed by atoms with E-state index in [2.05, 4.69) is 26.1 Å². The number of imidazole rings is 1. The van der Waals surface area contributed by atoms with Gasteiger partial charge in [-0.25, -0.2) is 23.3 Å². The molecule has 2 aliphatic rings. The lowest BCUT2D eigenvalue weighted by Gasteiger charge is -2.22. The van der Waals surface area contributed by atoms with Crippen molar-refractivity contribution < 1.29 is 42.9 Å². The second kappa shape index (κ2) is 15.0. The third kappa shape index (κ3) is 7.78. The molecule has 20 heteroatoms. The molecule has 3 aromatic heterocycles. The Kier molecular flexibility index (Phi) is 10.2. The highest BCUT2D eigenvalue weighted by Gasteiger charge is 2.47. The van der Waals surface area contributed by atoms with Crippen LogP contribution >= 0.6 is 0 Å². The number of nitrogens with two attached hydrogens (primary N) is 1. The van der Waals surface area contributed by atoms with Gasteiger partial charge in [0.25, 0.3) is 0 Å². The molecule has 7 rings (SSSR count). The van der Waals surface area contributed by atoms with Crippen molar-refractivity contribution >= 4 is 44.7 Å². The summed E-state index contributed by atoms with van der Waals surface area (Å²) in [6.45, 7) is 0.137. The van der Waals surface area contributed by atoms with Crippen molar-refractivity contribution in [2.24, 2.45) is 5.14 Å². The maximum absolute atomic E-state index is 12.9. The van der Waals surface area contributed by atoms with Crippen molar-refractivity contribution in [2.45, 2.75) is 61.0 Å². The summed E-state index contributed by atoms with van der Waals surface area (Å²) in [6, 6.07) is 15.3. The number of ether oxygens (including phenoxy) is 1. The van der Waals surface area contributed by atoms with Crippen LogP contribution in [0.4, 0.5) is 22.2 Å². The van der Waals surface area contributed by atoms with E-state index >= 15 is 0 Å². The Bertz CT molecular complexity index is 2180. The number of hydrogen-bond donors (Lipinski definition) is 8. The number of urea groups is 1. The van der Waals surface area contributed by atoms with Crippen LogP contribution in [0.25, 0.3) is 11.2 Å². The molecule has 0 saturated carbocycles. The topological polar surface area (TPSA) is 276 Å². The smallest absolute Gasteiger partial charge is 0.319 e. The van der Waals surface area contributed by atoms with E-state index in [1.807, 2.05) is 35.2 Å². The molecule has 2 amide bonds. The molecule has 2 aromatic carbocycles. The monoisotopic (exact) mass is 750 g/mol. The van der Waals surface area contributed by atoms with Crippen LogP contribution in [0.1, 0.15) is 35.8 Å². The van der Waals surface area contributed by atoms with E-state index < -0.39 is 46.6 Å². The third-order valence-electron chi connectivity index (χ3n) is 9.05. The highest BCUT2D eigenvalue weighted by Crippen LogP contribution is 2.40. The van der Waals surface area contributed by atoms with Crippen LogP contribution in [0.2, 0.25) is 0 Å². The number of hydrogen-bond acceptors (Lipinski definition) is 15. The fourth-order valence-corrected chi connectivity index (χ4v) is 6.97. The van der Waals surface area contributed by atoms with Crippen molar-refractivity contribution in [1.29, 1.82) is 0 Å². The van der Waals surface area contributed by atoms with Gasteiger partial charge in [0.05, 0.1) is 30.5 Å². The Balaban J connectivity index is 1.15. The quantitative estimate of drug-likeness (QED) is 0.0855. The van der Waals surface area contributed by atoms with Crippen LogP contribution in [0, 0.1) is 0 Å². The fraction of sp³-hybridized carbons (Fsp3) is 0.364. The van der Waals surface area contributed by atoms with Crippen molar-refractivity contribution in [2.75, 3.05) is 35.2 Å². The molecule has 0 radical (unpaired) electrons. The van der Waals surface area contributed by atoms with Crippen LogP contribution in [0.3, 0.4) is 0 Å². The number of rotatable bonds is 12. The van der Waals surface area contributed by atoms with E-state index in [1.165, 1.54) is 41.2 Å². The number of aliphatic hydroxyl groups is 4. The van der Waals surface area contributed by atoms with Gasteiger partial charge in [-0.05, 0) is 36.6 Å². The van der Waals surface area contributed by atoms with Crippen LogP contribution in [-0.4, -0.2) is 104 Å². The average molecular weight is 751 g/mol. The summed E-state index contributed by atoms with van der Waals surface area (Å²) in [5, 5.41) is 59.6. The van der Waals surface area contributed by atoms with Gasteiger partial charge in [-0.1, -0.05) is 41.6 Å². The first-order valence-electron chi connectivity index (χ1n) is 16.7. The van der Waals surface area contributed by atoms with Crippen LogP contribution in [0.5, 0.6) is 0 Å². The minimum Gasteiger partial charge on any atom is -0.394 e.